The van der Waals surface area contributed by atoms with Crippen LogP contribution in [0.4, 0.5) is 21.5 Å². The predicted octanol–water partition coefficient (Wildman–Crippen LogP) is 4.39. The van der Waals surface area contributed by atoms with Gasteiger partial charge in [-0.25, -0.2) is 14.1 Å². The second-order valence-electron chi connectivity index (χ2n) is 6.95. The third-order valence-electron chi connectivity index (χ3n) is 4.76. The van der Waals surface area contributed by atoms with E-state index in [9.17, 15) is 28.9 Å². The van der Waals surface area contributed by atoms with Gasteiger partial charge in [0.25, 0.3) is 17.5 Å². The molecular weight excluding hydrogens is 469 g/mol. The fourth-order valence-corrected chi connectivity index (χ4v) is 3.28. The molecule has 0 aliphatic carbocycles. The molecule has 0 unspecified atom stereocenters. The molecule has 0 atom stereocenters. The van der Waals surface area contributed by atoms with Crippen LogP contribution in [-0.4, -0.2) is 22.7 Å². The van der Waals surface area contributed by atoms with Crippen molar-refractivity contribution >= 4 is 46.4 Å². The van der Waals surface area contributed by atoms with Crippen LogP contribution in [0.15, 0.2) is 83.5 Å². The first-order valence-corrected chi connectivity index (χ1v) is 10.0. The number of halogens is 2. The van der Waals surface area contributed by atoms with Gasteiger partial charge in [-0.1, -0.05) is 11.6 Å². The lowest BCUT2D eigenvalue weighted by Crippen LogP contribution is -2.32. The minimum atomic E-state index is -0.760. The number of carbonyl (C=O) groups is 3. The van der Waals surface area contributed by atoms with E-state index in [0.717, 1.165) is 17.0 Å². The van der Waals surface area contributed by atoms with E-state index in [1.807, 2.05) is 0 Å². The van der Waals surface area contributed by atoms with Crippen LogP contribution in [0.1, 0.15) is 10.4 Å². The van der Waals surface area contributed by atoms with Crippen LogP contribution in [0, 0.1) is 15.9 Å². The number of benzene rings is 3. The Kier molecular flexibility index (Phi) is 6.07. The van der Waals surface area contributed by atoms with Crippen LogP contribution in [0.3, 0.4) is 0 Å². The van der Waals surface area contributed by atoms with E-state index in [0.29, 0.717) is 5.69 Å². The van der Waals surface area contributed by atoms with Gasteiger partial charge in [0.2, 0.25) is 0 Å². The maximum atomic E-state index is 13.2. The predicted molar refractivity (Wildman–Crippen MR) is 120 cm³/mol. The van der Waals surface area contributed by atoms with Gasteiger partial charge in [0.1, 0.15) is 22.3 Å². The molecular formula is C23H13ClFN3O6. The Morgan fingerprint density at radius 1 is 0.941 bits per heavy atom. The van der Waals surface area contributed by atoms with Gasteiger partial charge in [0, 0.05) is 17.8 Å². The van der Waals surface area contributed by atoms with Crippen LogP contribution >= 0.6 is 11.6 Å². The van der Waals surface area contributed by atoms with E-state index >= 15 is 0 Å². The zero-order chi connectivity index (χ0) is 24.4. The molecule has 2 amide bonds. The van der Waals surface area contributed by atoms with Crippen molar-refractivity contribution in [2.24, 2.45) is 0 Å². The molecule has 1 heterocycles. The molecule has 3 aromatic rings. The summed E-state index contributed by atoms with van der Waals surface area (Å²) in [5.41, 5.74) is 0.391. The fraction of sp³-hybridized carbons (Fsp3) is 0. The lowest BCUT2D eigenvalue weighted by Gasteiger charge is -2.15. The van der Waals surface area contributed by atoms with Crippen molar-refractivity contribution in [1.82, 2.24) is 0 Å². The number of carbonyl (C=O) groups excluding carboxylic acids is 3. The summed E-state index contributed by atoms with van der Waals surface area (Å²) in [5.74, 6) is -2.57. The first-order valence-electron chi connectivity index (χ1n) is 9.62. The van der Waals surface area contributed by atoms with E-state index < -0.39 is 28.5 Å². The van der Waals surface area contributed by atoms with Crippen molar-refractivity contribution in [1.29, 1.82) is 0 Å². The molecule has 0 saturated heterocycles. The Morgan fingerprint density at radius 2 is 1.56 bits per heavy atom. The number of imide groups is 1. The maximum Gasteiger partial charge on any atom is 0.343 e. The monoisotopic (exact) mass is 481 g/mol. The van der Waals surface area contributed by atoms with Gasteiger partial charge in [0.15, 0.2) is 0 Å². The lowest BCUT2D eigenvalue weighted by molar-refractivity contribution is -0.384. The maximum absolute atomic E-state index is 13.2. The molecule has 4 rings (SSSR count). The molecule has 0 fully saturated rings. The minimum absolute atomic E-state index is 0.130. The Bertz CT molecular complexity index is 1340. The number of hydrogen-bond acceptors (Lipinski definition) is 7. The second kappa shape index (κ2) is 9.12. The first kappa shape index (κ1) is 22.6. The number of rotatable bonds is 6. The number of nitro benzene ring substituents is 1. The highest BCUT2D eigenvalue weighted by molar-refractivity contribution is 6.53. The molecule has 170 valence electrons. The van der Waals surface area contributed by atoms with Crippen LogP contribution < -0.4 is 15.0 Å². The van der Waals surface area contributed by atoms with Crippen molar-refractivity contribution < 1.29 is 28.4 Å². The number of nitrogens with zero attached hydrogens (tertiary/aromatic N) is 2. The van der Waals surface area contributed by atoms with Crippen molar-refractivity contribution in [3.8, 4) is 5.75 Å². The molecule has 0 saturated carbocycles. The summed E-state index contributed by atoms with van der Waals surface area (Å²) in [4.78, 5) is 48.5. The molecule has 1 aliphatic heterocycles. The molecule has 0 bridgehead atoms. The molecule has 0 radical (unpaired) electrons. The number of amides is 2. The Morgan fingerprint density at radius 3 is 2.15 bits per heavy atom. The molecule has 3 aromatic carbocycles. The smallest absolute Gasteiger partial charge is 0.343 e. The van der Waals surface area contributed by atoms with Crippen molar-refractivity contribution in [2.75, 3.05) is 10.2 Å². The zero-order valence-corrected chi connectivity index (χ0v) is 17.8. The molecule has 1 N–H and O–H groups in total. The summed E-state index contributed by atoms with van der Waals surface area (Å²) >= 11 is 6.07. The summed E-state index contributed by atoms with van der Waals surface area (Å²) in [5, 5.41) is 13.1. The van der Waals surface area contributed by atoms with E-state index in [2.05, 4.69) is 5.32 Å². The Balaban J connectivity index is 1.45. The number of esters is 1. The van der Waals surface area contributed by atoms with Gasteiger partial charge in [-0.15, -0.1) is 0 Å². The second-order valence-corrected chi connectivity index (χ2v) is 7.33. The Labute approximate surface area is 196 Å². The summed E-state index contributed by atoms with van der Waals surface area (Å²) in [6.45, 7) is 0. The number of anilines is 2. The highest BCUT2D eigenvalue weighted by Crippen LogP contribution is 2.30. The van der Waals surface area contributed by atoms with Crippen molar-refractivity contribution in [3.63, 3.8) is 0 Å². The van der Waals surface area contributed by atoms with E-state index in [1.165, 1.54) is 60.7 Å². The summed E-state index contributed by atoms with van der Waals surface area (Å²) in [6.07, 6.45) is 0. The molecule has 9 nitrogen and oxygen atoms in total. The average molecular weight is 482 g/mol. The first-order chi connectivity index (χ1) is 16.2. The highest BCUT2D eigenvalue weighted by Gasteiger charge is 2.38. The van der Waals surface area contributed by atoms with Gasteiger partial charge in [-0.05, 0) is 60.7 Å². The van der Waals surface area contributed by atoms with Gasteiger partial charge >= 0.3 is 5.97 Å². The highest BCUT2D eigenvalue weighted by atomic mass is 35.5. The summed E-state index contributed by atoms with van der Waals surface area (Å²) in [6, 6.07) is 15.6. The van der Waals surface area contributed by atoms with Gasteiger partial charge in [-0.2, -0.15) is 0 Å². The summed E-state index contributed by atoms with van der Waals surface area (Å²) < 4.78 is 18.4. The lowest BCUT2D eigenvalue weighted by atomic mass is 10.2. The largest absolute Gasteiger partial charge is 0.423 e. The van der Waals surface area contributed by atoms with E-state index in [4.69, 9.17) is 16.3 Å². The third-order valence-corrected chi connectivity index (χ3v) is 5.11. The minimum Gasteiger partial charge on any atom is -0.423 e. The topological polar surface area (TPSA) is 119 Å². The molecule has 11 heteroatoms. The summed E-state index contributed by atoms with van der Waals surface area (Å²) in [7, 11) is 0. The van der Waals surface area contributed by atoms with Gasteiger partial charge < -0.3 is 10.1 Å². The SMILES string of the molecule is O=C(Oc1ccc([N+](=O)[O-])cc1)c1ccc(NC2=C(Cl)C(=O)N(c3ccc(F)cc3)C2=O)cc1. The standard InChI is InChI=1S/C23H13ClFN3O6/c24-19-20(22(30)27(21(19)29)16-7-3-14(25)4-8-16)26-15-5-1-13(2-6-15)23(31)34-18-11-9-17(10-12-18)28(32)33/h1-12,26H. The van der Waals surface area contributed by atoms with Gasteiger partial charge in [-0.3, -0.25) is 19.7 Å². The number of ether oxygens (including phenoxy) is 1. The Hall–Kier alpha value is -4.57. The normalized spacial score (nSPS) is 13.3. The number of nitro groups is 1. The fourth-order valence-electron chi connectivity index (χ4n) is 3.07. The van der Waals surface area contributed by atoms with Gasteiger partial charge in [0.05, 0.1) is 16.2 Å². The molecule has 0 aromatic heterocycles. The van der Waals surface area contributed by atoms with Crippen LogP contribution in [0.2, 0.25) is 0 Å². The molecule has 0 spiro atoms. The average Bonchev–Trinajstić information content (AvgIpc) is 3.03. The van der Waals surface area contributed by atoms with Crippen molar-refractivity contribution in [2.45, 2.75) is 0 Å². The number of hydrogen-bond donors (Lipinski definition) is 1. The zero-order valence-electron chi connectivity index (χ0n) is 17.0. The van der Waals surface area contributed by atoms with Crippen LogP contribution in [-0.2, 0) is 9.59 Å². The molecule has 34 heavy (non-hydrogen) atoms. The van der Waals surface area contributed by atoms with Crippen molar-refractivity contribution in [3.05, 3.63) is 105 Å². The van der Waals surface area contributed by atoms with Crippen LogP contribution in [0.25, 0.3) is 0 Å². The number of nitrogens with one attached hydrogen (secondary N) is 1. The third kappa shape index (κ3) is 4.48. The van der Waals surface area contributed by atoms with Crippen LogP contribution in [0.5, 0.6) is 5.75 Å². The quantitative estimate of drug-likeness (QED) is 0.182. The van der Waals surface area contributed by atoms with E-state index in [1.54, 1.807) is 0 Å². The van der Waals surface area contributed by atoms with E-state index in [-0.39, 0.29) is 33.4 Å². The number of non-ortho nitro benzene ring substituents is 1. The molecule has 1 aliphatic rings.